The van der Waals surface area contributed by atoms with Gasteiger partial charge in [0.05, 0.1) is 5.56 Å². The lowest BCUT2D eigenvalue weighted by molar-refractivity contribution is -0.123. The number of carbonyl (C=O) groups is 1. The first-order chi connectivity index (χ1) is 11.7. The number of aromatic amines is 1. The van der Waals surface area contributed by atoms with Crippen molar-refractivity contribution in [1.82, 2.24) is 20.1 Å². The summed E-state index contributed by atoms with van der Waals surface area (Å²) < 4.78 is 7.90. The summed E-state index contributed by atoms with van der Waals surface area (Å²) in [6.07, 6.45) is 2.27. The first kappa shape index (κ1) is 16.2. The Bertz CT molecular complexity index is 831. The number of rotatable bonds is 7. The topological polar surface area (TPSA) is 95.7 Å². The van der Waals surface area contributed by atoms with E-state index in [-0.39, 0.29) is 12.5 Å². The van der Waals surface area contributed by atoms with Crippen molar-refractivity contribution in [1.29, 1.82) is 5.26 Å². The van der Waals surface area contributed by atoms with E-state index in [0.717, 1.165) is 18.7 Å². The molecule has 24 heavy (non-hydrogen) atoms. The van der Waals surface area contributed by atoms with Crippen molar-refractivity contribution in [2.75, 3.05) is 13.2 Å². The molecule has 124 valence electrons. The highest BCUT2D eigenvalue weighted by atomic mass is 32.1. The SMILES string of the molecule is N#Cc1ccccc1OCC(=O)NCCn1c(C2CC2)n[nH]c1=S. The van der Waals surface area contributed by atoms with Gasteiger partial charge < -0.3 is 14.6 Å². The monoisotopic (exact) mass is 343 g/mol. The number of nitrogens with zero attached hydrogens (tertiary/aromatic N) is 3. The van der Waals surface area contributed by atoms with Gasteiger partial charge >= 0.3 is 0 Å². The molecule has 1 amide bonds. The fraction of sp³-hybridized carbons (Fsp3) is 0.375. The van der Waals surface area contributed by atoms with E-state index >= 15 is 0 Å². The average molecular weight is 343 g/mol. The van der Waals surface area contributed by atoms with E-state index in [1.165, 1.54) is 0 Å². The van der Waals surface area contributed by atoms with Gasteiger partial charge in [0.2, 0.25) is 0 Å². The Labute approximate surface area is 144 Å². The van der Waals surface area contributed by atoms with Gasteiger partial charge in [-0.1, -0.05) is 12.1 Å². The number of hydrogen-bond donors (Lipinski definition) is 2. The van der Waals surface area contributed by atoms with Crippen molar-refractivity contribution in [3.63, 3.8) is 0 Å². The molecule has 8 heteroatoms. The van der Waals surface area contributed by atoms with Crippen molar-refractivity contribution >= 4 is 18.1 Å². The minimum atomic E-state index is -0.245. The molecule has 0 unspecified atom stereocenters. The molecule has 7 nitrogen and oxygen atoms in total. The molecule has 0 bridgehead atoms. The van der Waals surface area contributed by atoms with Crippen LogP contribution in [0, 0.1) is 16.1 Å². The lowest BCUT2D eigenvalue weighted by Gasteiger charge is -2.09. The number of carbonyl (C=O) groups excluding carboxylic acids is 1. The second-order valence-electron chi connectivity index (χ2n) is 5.56. The number of ether oxygens (including phenoxy) is 1. The van der Waals surface area contributed by atoms with Crippen LogP contribution in [-0.2, 0) is 11.3 Å². The Kier molecular flexibility index (Phi) is 4.91. The molecular formula is C16H17N5O2S. The van der Waals surface area contributed by atoms with Crippen LogP contribution in [0.3, 0.4) is 0 Å². The van der Waals surface area contributed by atoms with Crippen LogP contribution < -0.4 is 10.1 Å². The molecule has 1 aromatic heterocycles. The maximum absolute atomic E-state index is 11.9. The van der Waals surface area contributed by atoms with Gasteiger partial charge in [0.1, 0.15) is 17.6 Å². The number of H-pyrrole nitrogens is 1. The van der Waals surface area contributed by atoms with E-state index in [9.17, 15) is 4.79 Å². The minimum Gasteiger partial charge on any atom is -0.482 e. The molecule has 1 saturated carbocycles. The molecule has 2 N–H and O–H groups in total. The summed E-state index contributed by atoms with van der Waals surface area (Å²) in [5, 5.41) is 18.8. The van der Waals surface area contributed by atoms with E-state index in [1.54, 1.807) is 24.3 Å². The molecule has 1 heterocycles. The summed E-state index contributed by atoms with van der Waals surface area (Å²) in [5.41, 5.74) is 0.407. The van der Waals surface area contributed by atoms with Gasteiger partial charge in [-0.15, -0.1) is 0 Å². The van der Waals surface area contributed by atoms with Crippen molar-refractivity contribution in [3.8, 4) is 11.8 Å². The van der Waals surface area contributed by atoms with E-state index in [2.05, 4.69) is 15.5 Å². The smallest absolute Gasteiger partial charge is 0.258 e. The number of aromatic nitrogens is 3. The van der Waals surface area contributed by atoms with Gasteiger partial charge in [-0.05, 0) is 37.2 Å². The molecule has 3 rings (SSSR count). The van der Waals surface area contributed by atoms with Crippen molar-refractivity contribution < 1.29 is 9.53 Å². The molecule has 0 saturated heterocycles. The van der Waals surface area contributed by atoms with Crippen molar-refractivity contribution in [3.05, 3.63) is 40.4 Å². The standard InChI is InChI=1S/C16H17N5O2S/c17-9-12-3-1-2-4-13(12)23-10-14(22)18-7-8-21-15(11-5-6-11)19-20-16(21)24/h1-4,11H,5-8,10H2,(H,18,22)(H,20,24). The van der Waals surface area contributed by atoms with E-state index in [4.69, 9.17) is 22.2 Å². The van der Waals surface area contributed by atoms with Crippen LogP contribution >= 0.6 is 12.2 Å². The van der Waals surface area contributed by atoms with Gasteiger partial charge in [0.25, 0.3) is 5.91 Å². The molecule has 1 fully saturated rings. The Hall–Kier alpha value is -2.66. The van der Waals surface area contributed by atoms with Crippen molar-refractivity contribution in [2.24, 2.45) is 0 Å². The summed E-state index contributed by atoms with van der Waals surface area (Å²) in [6, 6.07) is 8.84. The van der Waals surface area contributed by atoms with Crippen LogP contribution in [0.5, 0.6) is 5.75 Å². The van der Waals surface area contributed by atoms with Crippen LogP contribution in [0.4, 0.5) is 0 Å². The van der Waals surface area contributed by atoms with E-state index < -0.39 is 0 Å². The molecule has 0 radical (unpaired) electrons. The largest absolute Gasteiger partial charge is 0.482 e. The van der Waals surface area contributed by atoms with Gasteiger partial charge in [0, 0.05) is 19.0 Å². The molecule has 0 atom stereocenters. The van der Waals surface area contributed by atoms with Gasteiger partial charge in [-0.3, -0.25) is 9.89 Å². The van der Waals surface area contributed by atoms with Crippen LogP contribution in [0.15, 0.2) is 24.3 Å². The zero-order valence-electron chi connectivity index (χ0n) is 13.0. The molecule has 2 aromatic rings. The third-order valence-corrected chi connectivity index (χ3v) is 4.07. The summed E-state index contributed by atoms with van der Waals surface area (Å²) in [4.78, 5) is 11.9. The molecule has 1 aliphatic rings. The lowest BCUT2D eigenvalue weighted by atomic mass is 10.2. The van der Waals surface area contributed by atoms with E-state index in [0.29, 0.717) is 35.1 Å². The van der Waals surface area contributed by atoms with Gasteiger partial charge in [-0.25, -0.2) is 0 Å². The molecule has 0 aliphatic heterocycles. The van der Waals surface area contributed by atoms with Crippen LogP contribution in [0.1, 0.15) is 30.1 Å². The fourth-order valence-electron chi connectivity index (χ4n) is 2.39. The molecular weight excluding hydrogens is 326 g/mol. The average Bonchev–Trinajstić information content (AvgIpc) is 3.38. The highest BCUT2D eigenvalue weighted by molar-refractivity contribution is 7.71. The number of para-hydroxylation sites is 1. The normalized spacial score (nSPS) is 13.3. The van der Waals surface area contributed by atoms with Crippen LogP contribution in [-0.4, -0.2) is 33.8 Å². The third-order valence-electron chi connectivity index (χ3n) is 3.75. The van der Waals surface area contributed by atoms with Gasteiger partial charge in [-0.2, -0.15) is 10.4 Å². The third kappa shape index (κ3) is 3.81. The second kappa shape index (κ2) is 7.27. The quantitative estimate of drug-likeness (QED) is 0.749. The zero-order valence-corrected chi connectivity index (χ0v) is 13.8. The predicted octanol–water partition coefficient (Wildman–Crippen LogP) is 1.88. The maximum Gasteiger partial charge on any atom is 0.258 e. The maximum atomic E-state index is 11.9. The highest BCUT2D eigenvalue weighted by Crippen LogP contribution is 2.38. The van der Waals surface area contributed by atoms with Gasteiger partial charge in [0.15, 0.2) is 11.4 Å². The Morgan fingerprint density at radius 1 is 1.50 bits per heavy atom. The number of nitriles is 1. The molecule has 1 aromatic carbocycles. The number of nitrogens with one attached hydrogen (secondary N) is 2. The van der Waals surface area contributed by atoms with Crippen LogP contribution in [0.25, 0.3) is 0 Å². The van der Waals surface area contributed by atoms with Crippen LogP contribution in [0.2, 0.25) is 0 Å². The highest BCUT2D eigenvalue weighted by Gasteiger charge is 2.28. The predicted molar refractivity (Wildman–Crippen MR) is 89.0 cm³/mol. The summed E-state index contributed by atoms with van der Waals surface area (Å²) in [5.74, 6) is 1.61. The Morgan fingerprint density at radius 3 is 3.04 bits per heavy atom. The fourth-order valence-corrected chi connectivity index (χ4v) is 2.62. The second-order valence-corrected chi connectivity index (χ2v) is 5.95. The summed E-state index contributed by atoms with van der Waals surface area (Å²) in [7, 11) is 0. The summed E-state index contributed by atoms with van der Waals surface area (Å²) >= 11 is 5.22. The number of benzene rings is 1. The molecule has 0 spiro atoms. The minimum absolute atomic E-state index is 0.134. The first-order valence-corrected chi connectivity index (χ1v) is 8.13. The Balaban J connectivity index is 1.47. The number of amides is 1. The van der Waals surface area contributed by atoms with Crippen molar-refractivity contribution in [2.45, 2.75) is 25.3 Å². The Morgan fingerprint density at radius 2 is 2.29 bits per heavy atom. The first-order valence-electron chi connectivity index (χ1n) is 7.72. The lowest BCUT2D eigenvalue weighted by Crippen LogP contribution is -2.32. The number of hydrogen-bond acceptors (Lipinski definition) is 5. The molecule has 1 aliphatic carbocycles. The zero-order chi connectivity index (χ0) is 16.9. The summed E-state index contributed by atoms with van der Waals surface area (Å²) in [6.45, 7) is 0.877. The van der Waals surface area contributed by atoms with E-state index in [1.807, 2.05) is 10.6 Å².